The standard InChI is InChI=1S/C29H26ClNO7/c1-4-14-38-29(35)18-10-12-19(13-11-18)31-25(17-8-6-5-7-9-17)24(27(33)28(31)34)26(32)20-15-21(30)23(37-3)16-22(20)36-2/h5-13,15-16,25,32H,4,14H2,1-3H3/b26-24+. The Labute approximate surface area is 225 Å². The molecule has 0 aromatic heterocycles. The van der Waals surface area contributed by atoms with Crippen LogP contribution in [-0.2, 0) is 14.3 Å². The lowest BCUT2D eigenvalue weighted by Gasteiger charge is -2.25. The van der Waals surface area contributed by atoms with Gasteiger partial charge in [-0.1, -0.05) is 48.9 Å². The quantitative estimate of drug-likeness (QED) is 0.174. The molecule has 1 saturated heterocycles. The average Bonchev–Trinajstić information content (AvgIpc) is 3.21. The second-order valence-corrected chi connectivity index (χ2v) is 8.86. The molecule has 0 radical (unpaired) electrons. The monoisotopic (exact) mass is 535 g/mol. The van der Waals surface area contributed by atoms with Gasteiger partial charge in [-0.2, -0.15) is 0 Å². The van der Waals surface area contributed by atoms with E-state index < -0.39 is 29.5 Å². The highest BCUT2D eigenvalue weighted by atomic mass is 35.5. The largest absolute Gasteiger partial charge is 0.507 e. The van der Waals surface area contributed by atoms with Gasteiger partial charge >= 0.3 is 5.97 Å². The van der Waals surface area contributed by atoms with Crippen LogP contribution in [0.5, 0.6) is 11.5 Å². The summed E-state index contributed by atoms with van der Waals surface area (Å²) in [7, 11) is 2.84. The number of ether oxygens (including phenoxy) is 3. The first-order valence-corrected chi connectivity index (χ1v) is 12.2. The van der Waals surface area contributed by atoms with Crippen LogP contribution in [0.2, 0.25) is 5.02 Å². The van der Waals surface area contributed by atoms with Gasteiger partial charge in [0, 0.05) is 11.8 Å². The fraction of sp³-hybridized carbons (Fsp3) is 0.207. The Morgan fingerprint density at radius 2 is 1.63 bits per heavy atom. The van der Waals surface area contributed by atoms with E-state index in [9.17, 15) is 19.5 Å². The van der Waals surface area contributed by atoms with Crippen LogP contribution in [0.3, 0.4) is 0 Å². The van der Waals surface area contributed by atoms with E-state index in [1.165, 1.54) is 43.4 Å². The molecule has 1 fully saturated rings. The number of nitrogens with zero attached hydrogens (tertiary/aromatic N) is 1. The van der Waals surface area contributed by atoms with Crippen LogP contribution in [-0.4, -0.2) is 43.6 Å². The van der Waals surface area contributed by atoms with Gasteiger partial charge in [0.05, 0.1) is 48.6 Å². The molecule has 0 aliphatic carbocycles. The van der Waals surface area contributed by atoms with Crippen molar-refractivity contribution in [1.29, 1.82) is 0 Å². The van der Waals surface area contributed by atoms with Gasteiger partial charge in [0.25, 0.3) is 11.7 Å². The van der Waals surface area contributed by atoms with Crippen molar-refractivity contribution in [2.24, 2.45) is 0 Å². The molecule has 1 aliphatic heterocycles. The van der Waals surface area contributed by atoms with E-state index >= 15 is 0 Å². The highest BCUT2D eigenvalue weighted by molar-refractivity contribution is 6.51. The minimum absolute atomic E-state index is 0.131. The van der Waals surface area contributed by atoms with Crippen LogP contribution < -0.4 is 14.4 Å². The molecule has 1 unspecified atom stereocenters. The molecule has 196 valence electrons. The fourth-order valence-electron chi connectivity index (χ4n) is 4.28. The Morgan fingerprint density at radius 3 is 2.24 bits per heavy atom. The first-order valence-electron chi connectivity index (χ1n) is 11.9. The smallest absolute Gasteiger partial charge is 0.338 e. The summed E-state index contributed by atoms with van der Waals surface area (Å²) < 4.78 is 15.8. The van der Waals surface area contributed by atoms with Gasteiger partial charge in [-0.25, -0.2) is 4.79 Å². The van der Waals surface area contributed by atoms with Gasteiger partial charge in [-0.15, -0.1) is 0 Å². The van der Waals surface area contributed by atoms with Crippen LogP contribution in [0.25, 0.3) is 5.76 Å². The summed E-state index contributed by atoms with van der Waals surface area (Å²) in [6, 6.07) is 17.0. The van der Waals surface area contributed by atoms with E-state index in [0.717, 1.165) is 0 Å². The SMILES string of the molecule is CCCOC(=O)c1ccc(N2C(=O)C(=O)/C(=C(/O)c3cc(Cl)c(OC)cc3OC)C2c2ccccc2)cc1. The number of carbonyl (C=O) groups excluding carboxylic acids is 3. The third kappa shape index (κ3) is 4.95. The Morgan fingerprint density at radius 1 is 0.974 bits per heavy atom. The lowest BCUT2D eigenvalue weighted by molar-refractivity contribution is -0.132. The van der Waals surface area contributed by atoms with E-state index in [4.69, 9.17) is 25.8 Å². The van der Waals surface area contributed by atoms with Crippen LogP contribution >= 0.6 is 11.6 Å². The van der Waals surface area contributed by atoms with Crippen molar-refractivity contribution in [3.8, 4) is 11.5 Å². The number of hydrogen-bond donors (Lipinski definition) is 1. The number of aliphatic hydroxyl groups excluding tert-OH is 1. The summed E-state index contributed by atoms with van der Waals surface area (Å²) in [5.41, 5.74) is 1.27. The number of carbonyl (C=O) groups is 3. The normalized spacial score (nSPS) is 16.4. The summed E-state index contributed by atoms with van der Waals surface area (Å²) >= 11 is 6.31. The summed E-state index contributed by atoms with van der Waals surface area (Å²) in [6.45, 7) is 2.19. The lowest BCUT2D eigenvalue weighted by Crippen LogP contribution is -2.29. The van der Waals surface area contributed by atoms with E-state index in [1.54, 1.807) is 42.5 Å². The number of hydrogen-bond acceptors (Lipinski definition) is 7. The number of amides is 1. The highest BCUT2D eigenvalue weighted by Gasteiger charge is 2.47. The minimum atomic E-state index is -0.959. The number of rotatable bonds is 8. The number of ketones is 1. The van der Waals surface area contributed by atoms with Crippen molar-refractivity contribution >= 4 is 40.7 Å². The van der Waals surface area contributed by atoms with E-state index in [-0.39, 0.29) is 21.9 Å². The molecule has 4 rings (SSSR count). The molecule has 0 spiro atoms. The molecule has 38 heavy (non-hydrogen) atoms. The van der Waals surface area contributed by atoms with Crippen LogP contribution in [0.4, 0.5) is 5.69 Å². The van der Waals surface area contributed by atoms with Crippen molar-refractivity contribution in [1.82, 2.24) is 0 Å². The molecular formula is C29H26ClNO7. The third-order valence-corrected chi connectivity index (χ3v) is 6.40. The number of esters is 1. The van der Waals surface area contributed by atoms with Crippen molar-refractivity contribution in [3.63, 3.8) is 0 Å². The maximum atomic E-state index is 13.4. The lowest BCUT2D eigenvalue weighted by atomic mass is 9.94. The molecule has 1 aliphatic rings. The zero-order valence-electron chi connectivity index (χ0n) is 21.1. The Kier molecular flexibility index (Phi) is 8.02. The molecule has 1 heterocycles. The number of methoxy groups -OCH3 is 2. The number of benzene rings is 3. The second-order valence-electron chi connectivity index (χ2n) is 8.45. The van der Waals surface area contributed by atoms with Gasteiger partial charge in [-0.3, -0.25) is 14.5 Å². The highest BCUT2D eigenvalue weighted by Crippen LogP contribution is 2.44. The van der Waals surface area contributed by atoms with Gasteiger partial charge < -0.3 is 19.3 Å². The third-order valence-electron chi connectivity index (χ3n) is 6.11. The molecule has 0 bridgehead atoms. The zero-order valence-corrected chi connectivity index (χ0v) is 21.8. The zero-order chi connectivity index (χ0) is 27.4. The van der Waals surface area contributed by atoms with Crippen LogP contribution in [0.15, 0.2) is 72.3 Å². The van der Waals surface area contributed by atoms with Gasteiger partial charge in [0.2, 0.25) is 0 Å². The summed E-state index contributed by atoms with van der Waals surface area (Å²) in [6.07, 6.45) is 0.690. The van der Waals surface area contributed by atoms with Gasteiger partial charge in [0.15, 0.2) is 0 Å². The maximum Gasteiger partial charge on any atom is 0.338 e. The Balaban J connectivity index is 1.86. The molecule has 3 aromatic rings. The van der Waals surface area contributed by atoms with E-state index in [1.807, 2.05) is 6.92 Å². The first kappa shape index (κ1) is 26.8. The molecule has 8 nitrogen and oxygen atoms in total. The summed E-state index contributed by atoms with van der Waals surface area (Å²) in [5.74, 6) is -2.11. The molecule has 0 saturated carbocycles. The van der Waals surface area contributed by atoms with Crippen molar-refractivity contribution in [3.05, 3.63) is 94.0 Å². The summed E-state index contributed by atoms with van der Waals surface area (Å²) in [5, 5.41) is 11.6. The van der Waals surface area contributed by atoms with Crippen LogP contribution in [0, 0.1) is 0 Å². The summed E-state index contributed by atoms with van der Waals surface area (Å²) in [4.78, 5) is 40.3. The van der Waals surface area contributed by atoms with Crippen molar-refractivity contribution in [2.45, 2.75) is 19.4 Å². The van der Waals surface area contributed by atoms with Gasteiger partial charge in [0.1, 0.15) is 17.3 Å². The number of anilines is 1. The molecular weight excluding hydrogens is 510 g/mol. The van der Waals surface area contributed by atoms with Gasteiger partial charge in [-0.05, 0) is 42.3 Å². The van der Waals surface area contributed by atoms with Crippen molar-refractivity contribution < 1.29 is 33.7 Å². The minimum Gasteiger partial charge on any atom is -0.507 e. The first-order chi connectivity index (χ1) is 18.3. The number of aliphatic hydroxyl groups is 1. The Hall–Kier alpha value is -4.30. The predicted molar refractivity (Wildman–Crippen MR) is 143 cm³/mol. The Bertz CT molecular complexity index is 1400. The molecule has 1 amide bonds. The average molecular weight is 536 g/mol. The second kappa shape index (κ2) is 11.4. The maximum absolute atomic E-state index is 13.4. The molecule has 1 N–H and O–H groups in total. The molecule has 9 heteroatoms. The number of Topliss-reactive ketones (excluding diaryl/α,β-unsaturated/α-hetero) is 1. The van der Waals surface area contributed by atoms with E-state index in [2.05, 4.69) is 0 Å². The molecule has 3 aromatic carbocycles. The predicted octanol–water partition coefficient (Wildman–Crippen LogP) is 5.55. The molecule has 1 atom stereocenters. The number of halogens is 1. The van der Waals surface area contributed by atoms with Crippen molar-refractivity contribution in [2.75, 3.05) is 25.7 Å². The fourth-order valence-corrected chi connectivity index (χ4v) is 4.52. The van der Waals surface area contributed by atoms with E-state index in [0.29, 0.717) is 35.6 Å². The van der Waals surface area contributed by atoms with Crippen LogP contribution in [0.1, 0.15) is 40.9 Å². The topological polar surface area (TPSA) is 102 Å².